The summed E-state index contributed by atoms with van der Waals surface area (Å²) in [6, 6.07) is 14.4. The molecule has 0 radical (unpaired) electrons. The lowest BCUT2D eigenvalue weighted by Crippen LogP contribution is -2.86. The van der Waals surface area contributed by atoms with Crippen molar-refractivity contribution in [1.82, 2.24) is 0 Å². The summed E-state index contributed by atoms with van der Waals surface area (Å²) in [6.07, 6.45) is 5.50. The Morgan fingerprint density at radius 2 is 1.69 bits per heavy atom. The lowest BCUT2D eigenvalue weighted by molar-refractivity contribution is -1.01. The molecule has 0 saturated carbocycles. The van der Waals surface area contributed by atoms with Crippen LogP contribution in [0.25, 0.3) is 11.3 Å². The molecule has 2 aromatic heterocycles. The van der Waals surface area contributed by atoms with Gasteiger partial charge in [-0.2, -0.15) is 0 Å². The topological polar surface area (TPSA) is 17.0 Å². The van der Waals surface area contributed by atoms with Crippen molar-refractivity contribution in [2.24, 2.45) is 0 Å². The summed E-state index contributed by atoms with van der Waals surface area (Å²) in [7, 11) is 0. The van der Waals surface area contributed by atoms with Crippen molar-refractivity contribution in [3.8, 4) is 11.3 Å². The number of pyridine rings is 2. The molecule has 4 heterocycles. The predicted octanol–water partition coefficient (Wildman–Crippen LogP) is 4.01. The van der Waals surface area contributed by atoms with Crippen LogP contribution in [0.15, 0.2) is 60.9 Å². The highest BCUT2D eigenvalue weighted by Gasteiger charge is 2.71. The van der Waals surface area contributed by atoms with Crippen LogP contribution in [0.2, 0.25) is 0 Å². The van der Waals surface area contributed by atoms with Crippen LogP contribution in [0.4, 0.5) is 8.78 Å². The molecule has 1 spiro atoms. The van der Waals surface area contributed by atoms with E-state index in [1.165, 1.54) is 6.07 Å². The van der Waals surface area contributed by atoms with Crippen LogP contribution >= 0.6 is 0 Å². The second-order valence-electron chi connectivity index (χ2n) is 7.93. The van der Waals surface area contributed by atoms with Crippen molar-refractivity contribution in [2.45, 2.75) is 44.4 Å². The fraction of sp³-hybridized carbons (Fsp3) is 0.333. The van der Waals surface area contributed by atoms with E-state index in [9.17, 15) is 4.39 Å². The zero-order valence-electron chi connectivity index (χ0n) is 16.7. The zero-order chi connectivity index (χ0) is 20.2. The molecule has 5 rings (SSSR count). The first-order chi connectivity index (χ1) is 14.1. The van der Waals surface area contributed by atoms with E-state index in [4.69, 9.17) is 4.74 Å². The molecule has 0 saturated heterocycles. The Labute approximate surface area is 169 Å². The van der Waals surface area contributed by atoms with Crippen LogP contribution in [0.5, 0.6) is 0 Å². The quantitative estimate of drug-likeness (QED) is 0.601. The molecule has 0 amide bonds. The molecular formula is C24H24F2N2O+2. The summed E-state index contributed by atoms with van der Waals surface area (Å²) in [4.78, 5) is 0. The van der Waals surface area contributed by atoms with Gasteiger partial charge in [0, 0.05) is 30.3 Å². The summed E-state index contributed by atoms with van der Waals surface area (Å²) in [6.45, 7) is 5.14. The number of ether oxygens (including phenoxy) is 1. The Hall–Kier alpha value is -2.66. The fourth-order valence-corrected chi connectivity index (χ4v) is 5.70. The number of rotatable bonds is 2. The van der Waals surface area contributed by atoms with Crippen molar-refractivity contribution in [3.63, 3.8) is 0 Å². The minimum atomic E-state index is -0.658. The van der Waals surface area contributed by atoms with Gasteiger partial charge in [-0.3, -0.25) is 0 Å². The molecular weight excluding hydrogens is 370 g/mol. The Morgan fingerprint density at radius 3 is 2.45 bits per heavy atom. The van der Waals surface area contributed by atoms with E-state index in [0.29, 0.717) is 31.6 Å². The second kappa shape index (κ2) is 6.42. The molecule has 1 unspecified atom stereocenters. The van der Waals surface area contributed by atoms with Gasteiger partial charge in [-0.05, 0) is 30.5 Å². The molecule has 29 heavy (non-hydrogen) atoms. The minimum Gasteiger partial charge on any atom is -0.355 e. The first-order valence-corrected chi connectivity index (χ1v) is 10.2. The molecule has 0 aliphatic carbocycles. The van der Waals surface area contributed by atoms with Crippen LogP contribution < -0.4 is 9.13 Å². The number of nitrogens with zero attached hydrogens (tertiary/aromatic N) is 2. The van der Waals surface area contributed by atoms with Gasteiger partial charge < -0.3 is 4.74 Å². The molecule has 1 atom stereocenters. The van der Waals surface area contributed by atoms with Gasteiger partial charge in [-0.1, -0.05) is 19.9 Å². The first-order valence-electron chi connectivity index (χ1n) is 10.2. The molecule has 2 aliphatic heterocycles. The highest BCUT2D eigenvalue weighted by atomic mass is 19.1. The number of hydrogen-bond donors (Lipinski definition) is 0. The summed E-state index contributed by atoms with van der Waals surface area (Å²) in [5.41, 5.74) is 1.79. The average molecular weight is 394 g/mol. The van der Waals surface area contributed by atoms with Crippen molar-refractivity contribution >= 4 is 0 Å². The predicted molar refractivity (Wildman–Crippen MR) is 104 cm³/mol. The normalized spacial score (nSPS) is 21.4. The van der Waals surface area contributed by atoms with Gasteiger partial charge in [-0.15, -0.1) is 9.13 Å². The number of halogens is 2. The molecule has 5 heteroatoms. The fourth-order valence-electron chi connectivity index (χ4n) is 5.70. The van der Waals surface area contributed by atoms with E-state index >= 15 is 4.39 Å². The van der Waals surface area contributed by atoms with E-state index in [1.807, 2.05) is 36.5 Å². The molecule has 0 fully saturated rings. The van der Waals surface area contributed by atoms with E-state index in [2.05, 4.69) is 35.2 Å². The standard InChI is InChI=1S/C24H24F2N2O/c1-3-23(4-2)19-13-17(25)14-20(26)22(19)21-10-6-8-12-28(21)24(23)16-29-15-18-9-5-7-11-27(18)24/h5-14H,3-4,15-16H2,1-2H3/q+2. The lowest BCUT2D eigenvalue weighted by atomic mass is 9.61. The molecule has 0 bridgehead atoms. The number of fused-ring (bicyclic) bond motifs is 6. The molecule has 2 aliphatic rings. The largest absolute Gasteiger partial charge is 0.394 e. The minimum absolute atomic E-state index is 0.426. The van der Waals surface area contributed by atoms with Crippen LogP contribution in [0.1, 0.15) is 37.9 Å². The maximum absolute atomic E-state index is 15.2. The van der Waals surface area contributed by atoms with Gasteiger partial charge in [0.2, 0.25) is 11.4 Å². The second-order valence-corrected chi connectivity index (χ2v) is 7.93. The Bertz CT molecular complexity index is 1110. The number of benzene rings is 1. The third-order valence-electron chi connectivity index (χ3n) is 6.95. The average Bonchev–Trinajstić information content (AvgIpc) is 2.74. The van der Waals surface area contributed by atoms with Gasteiger partial charge in [0.25, 0.3) is 0 Å². The maximum atomic E-state index is 15.2. The monoisotopic (exact) mass is 394 g/mol. The number of hydrogen-bond acceptors (Lipinski definition) is 1. The lowest BCUT2D eigenvalue weighted by Gasteiger charge is -2.46. The third-order valence-corrected chi connectivity index (χ3v) is 6.95. The van der Waals surface area contributed by atoms with Gasteiger partial charge in [0.1, 0.15) is 23.7 Å². The molecule has 1 aromatic carbocycles. The van der Waals surface area contributed by atoms with E-state index in [-0.39, 0.29) is 0 Å². The van der Waals surface area contributed by atoms with E-state index in [0.717, 1.165) is 23.0 Å². The molecule has 3 nitrogen and oxygen atoms in total. The van der Waals surface area contributed by atoms with Crippen LogP contribution in [0.3, 0.4) is 0 Å². The molecule has 3 aromatic rings. The summed E-state index contributed by atoms with van der Waals surface area (Å²) < 4.78 is 40.3. The Balaban J connectivity index is 1.99. The molecule has 0 N–H and O–H groups in total. The summed E-state index contributed by atoms with van der Waals surface area (Å²) in [5.74, 6) is -1.06. The van der Waals surface area contributed by atoms with Gasteiger partial charge >= 0.3 is 5.66 Å². The highest BCUT2D eigenvalue weighted by Crippen LogP contribution is 2.50. The first kappa shape index (κ1) is 18.4. The highest BCUT2D eigenvalue weighted by molar-refractivity contribution is 5.66. The Kier molecular flexibility index (Phi) is 4.07. The van der Waals surface area contributed by atoms with Crippen molar-refractivity contribution < 1.29 is 22.7 Å². The van der Waals surface area contributed by atoms with Crippen molar-refractivity contribution in [3.05, 3.63) is 83.8 Å². The molecule has 148 valence electrons. The maximum Gasteiger partial charge on any atom is 0.394 e. The van der Waals surface area contributed by atoms with Crippen LogP contribution in [-0.2, 0) is 22.4 Å². The van der Waals surface area contributed by atoms with Crippen LogP contribution in [0, 0.1) is 11.6 Å². The van der Waals surface area contributed by atoms with Gasteiger partial charge in [0.05, 0.1) is 5.56 Å². The van der Waals surface area contributed by atoms with Gasteiger partial charge in [0.15, 0.2) is 19.0 Å². The zero-order valence-corrected chi connectivity index (χ0v) is 16.7. The summed E-state index contributed by atoms with van der Waals surface area (Å²) >= 11 is 0. The van der Waals surface area contributed by atoms with Crippen LogP contribution in [-0.4, -0.2) is 6.61 Å². The van der Waals surface area contributed by atoms with E-state index in [1.54, 1.807) is 0 Å². The smallest absolute Gasteiger partial charge is 0.355 e. The van der Waals surface area contributed by atoms with E-state index < -0.39 is 22.7 Å². The Morgan fingerprint density at radius 1 is 0.966 bits per heavy atom. The number of aromatic nitrogens is 2. The summed E-state index contributed by atoms with van der Waals surface area (Å²) in [5, 5.41) is 0. The third kappa shape index (κ3) is 2.19. The van der Waals surface area contributed by atoms with Gasteiger partial charge in [-0.25, -0.2) is 8.78 Å². The SMILES string of the molecule is CCC1(CC)c2cc(F)cc(F)c2-c2cccc[n+]2C12COCc1cccc[n+]12. The van der Waals surface area contributed by atoms with Crippen molar-refractivity contribution in [1.29, 1.82) is 0 Å². The van der Waals surface area contributed by atoms with Crippen molar-refractivity contribution in [2.75, 3.05) is 6.61 Å².